The number of carbonyl (C=O) groups is 2. The Morgan fingerprint density at radius 1 is 0.784 bits per heavy atom. The Labute approximate surface area is 220 Å². The van der Waals surface area contributed by atoms with E-state index in [0.29, 0.717) is 19.6 Å². The molecule has 3 aromatic rings. The quantitative estimate of drug-likeness (QED) is 0.467. The van der Waals surface area contributed by atoms with E-state index in [4.69, 9.17) is 4.74 Å². The van der Waals surface area contributed by atoms with Gasteiger partial charge in [0.25, 0.3) is 5.91 Å². The van der Waals surface area contributed by atoms with E-state index < -0.39 is 12.9 Å². The van der Waals surface area contributed by atoms with Crippen LogP contribution in [-0.4, -0.2) is 58.7 Å². The van der Waals surface area contributed by atoms with Gasteiger partial charge >= 0.3 is 6.09 Å². The number of ether oxygens (including phenoxy) is 1. The topological polar surface area (TPSA) is 49.9 Å². The van der Waals surface area contributed by atoms with E-state index in [2.05, 4.69) is 77.7 Å². The molecule has 6 heteroatoms. The summed E-state index contributed by atoms with van der Waals surface area (Å²) in [4.78, 5) is 30.9. The molecule has 0 unspecified atom stereocenters. The highest BCUT2D eigenvalue weighted by Gasteiger charge is 2.59. The van der Waals surface area contributed by atoms with Crippen LogP contribution in [0.15, 0.2) is 91.0 Å². The van der Waals surface area contributed by atoms with Crippen molar-refractivity contribution in [2.24, 2.45) is 0 Å². The fraction of sp³-hybridized carbons (Fsp3) is 0.355. The summed E-state index contributed by atoms with van der Waals surface area (Å²) in [5.41, 5.74) is -0.676. The first kappa shape index (κ1) is 25.5. The minimum atomic E-state index is -2.29. The van der Waals surface area contributed by atoms with E-state index in [9.17, 15) is 9.59 Å². The van der Waals surface area contributed by atoms with Crippen LogP contribution in [0, 0.1) is 0 Å². The molecule has 0 bridgehead atoms. The van der Waals surface area contributed by atoms with E-state index >= 15 is 0 Å². The summed E-state index contributed by atoms with van der Waals surface area (Å²) in [6, 6.07) is 31.9. The number of hydrogen-bond acceptors (Lipinski definition) is 3. The van der Waals surface area contributed by atoms with E-state index in [-0.39, 0.29) is 23.7 Å². The lowest BCUT2D eigenvalue weighted by Crippen LogP contribution is -2.46. The van der Waals surface area contributed by atoms with Gasteiger partial charge in [0.1, 0.15) is 28.8 Å². The van der Waals surface area contributed by atoms with Crippen LogP contribution in [0.5, 0.6) is 0 Å². The Kier molecular flexibility index (Phi) is 7.09. The third-order valence-corrected chi connectivity index (χ3v) is 12.2. The maximum Gasteiger partial charge on any atom is 0.410 e. The van der Waals surface area contributed by atoms with Gasteiger partial charge in [-0.1, -0.05) is 54.6 Å². The smallest absolute Gasteiger partial charge is 0.410 e. The summed E-state index contributed by atoms with van der Waals surface area (Å²) in [5.74, 6) is 0.209. The maximum atomic E-state index is 14.4. The van der Waals surface area contributed by atoms with Gasteiger partial charge in [0.05, 0.1) is 6.04 Å². The van der Waals surface area contributed by atoms with Crippen molar-refractivity contribution >= 4 is 35.2 Å². The van der Waals surface area contributed by atoms with Crippen LogP contribution < -0.4 is 15.9 Å². The van der Waals surface area contributed by atoms with Crippen LogP contribution in [0.3, 0.4) is 0 Å². The molecule has 0 spiro atoms. The number of benzene rings is 3. The lowest BCUT2D eigenvalue weighted by molar-refractivity contribution is -0.129. The molecule has 5 nitrogen and oxygen atoms in total. The second-order valence-electron chi connectivity index (χ2n) is 10.9. The minimum Gasteiger partial charge on any atom is -0.444 e. The zero-order valence-corrected chi connectivity index (χ0v) is 22.8. The monoisotopic (exact) mass is 515 g/mol. The summed E-state index contributed by atoms with van der Waals surface area (Å²) >= 11 is 0. The van der Waals surface area contributed by atoms with Gasteiger partial charge in [-0.15, -0.1) is 0 Å². The Balaban J connectivity index is 1.51. The molecule has 2 atom stereocenters. The third-order valence-electron chi connectivity index (χ3n) is 7.43. The Hall–Kier alpha value is -3.17. The summed E-state index contributed by atoms with van der Waals surface area (Å²) in [5, 5.41) is 3.69. The largest absolute Gasteiger partial charge is 0.444 e. The van der Waals surface area contributed by atoms with Crippen molar-refractivity contribution in [1.29, 1.82) is 0 Å². The molecule has 2 aliphatic rings. The molecule has 0 radical (unpaired) electrons. The van der Waals surface area contributed by atoms with Crippen molar-refractivity contribution in [3.8, 4) is 0 Å². The van der Waals surface area contributed by atoms with Crippen molar-refractivity contribution in [2.45, 2.75) is 50.9 Å². The van der Waals surface area contributed by atoms with Crippen LogP contribution >= 0.6 is 7.26 Å². The van der Waals surface area contributed by atoms with Gasteiger partial charge in [-0.2, -0.15) is 0 Å². The number of hydrogen-bond donors (Lipinski definition) is 0. The molecule has 2 aliphatic heterocycles. The van der Waals surface area contributed by atoms with Crippen LogP contribution in [0.4, 0.5) is 4.79 Å². The number of amides is 2. The minimum absolute atomic E-state index is 0.0224. The summed E-state index contributed by atoms with van der Waals surface area (Å²) in [7, 11) is -2.29. The van der Waals surface area contributed by atoms with Crippen molar-refractivity contribution in [3.05, 3.63) is 91.0 Å². The second kappa shape index (κ2) is 10.3. The second-order valence-corrected chi connectivity index (χ2v) is 14.6. The van der Waals surface area contributed by atoms with Gasteiger partial charge < -0.3 is 14.5 Å². The fourth-order valence-corrected chi connectivity index (χ4v) is 10.8. The maximum absolute atomic E-state index is 14.4. The molecule has 0 N–H and O–H groups in total. The third kappa shape index (κ3) is 4.90. The predicted molar refractivity (Wildman–Crippen MR) is 151 cm³/mol. The molecule has 2 amide bonds. The highest BCUT2D eigenvalue weighted by atomic mass is 31.2. The van der Waals surface area contributed by atoms with E-state index in [0.717, 1.165) is 12.8 Å². The highest BCUT2D eigenvalue weighted by molar-refractivity contribution is 7.96. The zero-order valence-electron chi connectivity index (χ0n) is 21.9. The van der Waals surface area contributed by atoms with Crippen LogP contribution in [0.25, 0.3) is 0 Å². The van der Waals surface area contributed by atoms with Crippen LogP contribution in [-0.2, 0) is 9.53 Å². The van der Waals surface area contributed by atoms with Gasteiger partial charge in [0, 0.05) is 26.1 Å². The Bertz CT molecular complexity index is 1130. The first-order valence-electron chi connectivity index (χ1n) is 13.1. The predicted octanol–water partition coefficient (Wildman–Crippen LogP) is 4.59. The lowest BCUT2D eigenvalue weighted by Gasteiger charge is -2.32. The first-order valence-corrected chi connectivity index (χ1v) is 15.0. The first-order chi connectivity index (χ1) is 17.8. The van der Waals surface area contributed by atoms with Crippen molar-refractivity contribution in [1.82, 2.24) is 9.80 Å². The molecule has 0 aromatic heterocycles. The summed E-state index contributed by atoms with van der Waals surface area (Å²) in [6.45, 7) is 7.50. The lowest BCUT2D eigenvalue weighted by atomic mass is 10.2. The average molecular weight is 516 g/mol. The average Bonchev–Trinajstić information content (AvgIpc) is 3.53. The van der Waals surface area contributed by atoms with E-state index in [1.807, 2.05) is 39.0 Å². The van der Waals surface area contributed by atoms with Gasteiger partial charge in [-0.3, -0.25) is 4.79 Å². The molecule has 0 aliphatic carbocycles. The van der Waals surface area contributed by atoms with Crippen molar-refractivity contribution in [3.63, 3.8) is 0 Å². The van der Waals surface area contributed by atoms with Gasteiger partial charge in [0.2, 0.25) is 0 Å². The number of carbonyl (C=O) groups excluding carboxylic acids is 2. The molecular weight excluding hydrogens is 479 g/mol. The van der Waals surface area contributed by atoms with Crippen molar-refractivity contribution < 1.29 is 14.3 Å². The van der Waals surface area contributed by atoms with Gasteiger partial charge in [-0.05, 0) is 63.6 Å². The Morgan fingerprint density at radius 2 is 1.27 bits per heavy atom. The normalized spacial score (nSPS) is 20.4. The molecule has 2 heterocycles. The molecule has 2 saturated heterocycles. The van der Waals surface area contributed by atoms with Gasteiger partial charge in [-0.25, -0.2) is 4.79 Å². The molecule has 2 fully saturated rings. The number of rotatable bonds is 5. The number of nitrogens with zero attached hydrogens (tertiary/aromatic N) is 2. The standard InChI is InChI=1S/C31H36N2O3P/c1-31(2,3)36-30(35)32-21-19-24(23-32)33-22-20-28(29(33)34)37(25-13-7-4-8-14-25,26-15-9-5-10-16-26)27-17-11-6-12-18-27/h4-18,24,28H,19-23H2,1-3H3/q+1/t24-,28-/m0/s1. The van der Waals surface area contributed by atoms with E-state index in [1.165, 1.54) is 15.9 Å². The van der Waals surface area contributed by atoms with Crippen LogP contribution in [0.2, 0.25) is 0 Å². The zero-order chi connectivity index (χ0) is 26.0. The van der Waals surface area contributed by atoms with Crippen LogP contribution in [0.1, 0.15) is 33.6 Å². The molecule has 3 aromatic carbocycles. The highest BCUT2D eigenvalue weighted by Crippen LogP contribution is 2.62. The number of likely N-dealkylation sites (tertiary alicyclic amines) is 2. The molecule has 192 valence electrons. The summed E-state index contributed by atoms with van der Waals surface area (Å²) < 4.78 is 5.60. The van der Waals surface area contributed by atoms with E-state index in [1.54, 1.807) is 4.90 Å². The Morgan fingerprint density at radius 3 is 1.73 bits per heavy atom. The molecule has 0 saturated carbocycles. The van der Waals surface area contributed by atoms with Gasteiger partial charge in [0.15, 0.2) is 5.66 Å². The molecule has 37 heavy (non-hydrogen) atoms. The SMILES string of the molecule is CC(C)(C)OC(=O)N1CC[C@H](N2CC[C@H]([P+](c3ccccc3)(c3ccccc3)c3ccccc3)C2=O)C1. The van der Waals surface area contributed by atoms with Crippen molar-refractivity contribution in [2.75, 3.05) is 19.6 Å². The molecular formula is C31H36N2O3P+. The summed E-state index contributed by atoms with van der Waals surface area (Å²) in [6.07, 6.45) is 1.29. The molecule has 5 rings (SSSR count). The fourth-order valence-electron chi connectivity index (χ4n) is 5.87.